The van der Waals surface area contributed by atoms with Crippen molar-refractivity contribution in [2.45, 2.75) is 32.2 Å². The van der Waals surface area contributed by atoms with Crippen LogP contribution in [0.15, 0.2) is 29.5 Å². The van der Waals surface area contributed by atoms with Crippen LogP contribution in [0.5, 0.6) is 0 Å². The van der Waals surface area contributed by atoms with Gasteiger partial charge in [-0.2, -0.15) is 0 Å². The summed E-state index contributed by atoms with van der Waals surface area (Å²) in [5.41, 5.74) is 0.935. The SMILES string of the molecule is CCOC(=O)C1=C(CN2CCCCC2)NC(=O)N[C@H]1c1ccc(F)c(F)c1. The zero-order valence-corrected chi connectivity index (χ0v) is 15.2. The maximum atomic E-state index is 13.7. The van der Waals surface area contributed by atoms with Crippen molar-refractivity contribution < 1.29 is 23.1 Å². The summed E-state index contributed by atoms with van der Waals surface area (Å²) in [5, 5.41) is 5.32. The molecule has 2 aliphatic rings. The number of rotatable bonds is 5. The molecule has 1 aromatic carbocycles. The van der Waals surface area contributed by atoms with Crippen molar-refractivity contribution in [2.75, 3.05) is 26.2 Å². The third-order valence-electron chi connectivity index (χ3n) is 4.76. The minimum Gasteiger partial charge on any atom is -0.463 e. The number of likely N-dealkylation sites (tertiary alicyclic amines) is 1. The summed E-state index contributed by atoms with van der Waals surface area (Å²) in [6.45, 7) is 3.99. The number of piperidine rings is 1. The Labute approximate surface area is 156 Å². The van der Waals surface area contributed by atoms with Crippen LogP contribution in [0, 0.1) is 11.6 Å². The Kier molecular flexibility index (Phi) is 6.05. The van der Waals surface area contributed by atoms with Gasteiger partial charge < -0.3 is 15.4 Å². The van der Waals surface area contributed by atoms with Crippen LogP contribution in [0.1, 0.15) is 37.8 Å². The van der Waals surface area contributed by atoms with E-state index in [1.165, 1.54) is 6.07 Å². The van der Waals surface area contributed by atoms with Gasteiger partial charge in [-0.25, -0.2) is 18.4 Å². The van der Waals surface area contributed by atoms with Crippen LogP contribution in [-0.4, -0.2) is 43.1 Å². The summed E-state index contributed by atoms with van der Waals surface area (Å²) >= 11 is 0. The third-order valence-corrected chi connectivity index (χ3v) is 4.76. The average Bonchev–Trinajstić information content (AvgIpc) is 2.64. The summed E-state index contributed by atoms with van der Waals surface area (Å²) in [4.78, 5) is 27.0. The molecule has 2 aliphatic heterocycles. The minimum atomic E-state index is -1.04. The van der Waals surface area contributed by atoms with Gasteiger partial charge in [0, 0.05) is 12.2 Å². The van der Waals surface area contributed by atoms with Gasteiger partial charge >= 0.3 is 12.0 Å². The molecule has 6 nitrogen and oxygen atoms in total. The zero-order chi connectivity index (χ0) is 19.4. The number of ether oxygens (including phenoxy) is 1. The monoisotopic (exact) mass is 379 g/mol. The minimum absolute atomic E-state index is 0.164. The first-order valence-electron chi connectivity index (χ1n) is 9.14. The molecule has 0 saturated carbocycles. The highest BCUT2D eigenvalue weighted by atomic mass is 19.2. The first-order valence-corrected chi connectivity index (χ1v) is 9.14. The first kappa shape index (κ1) is 19.3. The van der Waals surface area contributed by atoms with Gasteiger partial charge in [0.1, 0.15) is 0 Å². The molecule has 2 amide bonds. The summed E-state index contributed by atoms with van der Waals surface area (Å²) in [5.74, 6) is -2.62. The first-order chi connectivity index (χ1) is 13.0. The lowest BCUT2D eigenvalue weighted by atomic mass is 9.94. The quantitative estimate of drug-likeness (QED) is 0.772. The van der Waals surface area contributed by atoms with Crippen LogP contribution in [0.3, 0.4) is 0 Å². The lowest BCUT2D eigenvalue weighted by Crippen LogP contribution is -2.49. The maximum Gasteiger partial charge on any atom is 0.338 e. The zero-order valence-electron chi connectivity index (χ0n) is 15.2. The van der Waals surface area contributed by atoms with Crippen molar-refractivity contribution in [2.24, 2.45) is 0 Å². The highest BCUT2D eigenvalue weighted by Gasteiger charge is 2.34. The van der Waals surface area contributed by atoms with E-state index >= 15 is 0 Å². The molecule has 0 spiro atoms. The van der Waals surface area contributed by atoms with Crippen molar-refractivity contribution in [3.05, 3.63) is 46.7 Å². The van der Waals surface area contributed by atoms with E-state index in [0.29, 0.717) is 12.2 Å². The fraction of sp³-hybridized carbons (Fsp3) is 0.474. The molecule has 1 aromatic rings. The fourth-order valence-corrected chi connectivity index (χ4v) is 3.48. The largest absolute Gasteiger partial charge is 0.463 e. The van der Waals surface area contributed by atoms with Crippen LogP contribution in [0.25, 0.3) is 0 Å². The van der Waals surface area contributed by atoms with Gasteiger partial charge in [-0.3, -0.25) is 4.90 Å². The Bertz CT molecular complexity index is 761. The molecule has 27 heavy (non-hydrogen) atoms. The Morgan fingerprint density at radius 1 is 1.22 bits per heavy atom. The van der Waals surface area contributed by atoms with Gasteiger partial charge in [0.2, 0.25) is 0 Å². The molecule has 1 atom stereocenters. The van der Waals surface area contributed by atoms with Crippen molar-refractivity contribution in [3.63, 3.8) is 0 Å². The predicted molar refractivity (Wildman–Crippen MR) is 94.7 cm³/mol. The van der Waals surface area contributed by atoms with Gasteiger partial charge in [-0.05, 0) is 50.6 Å². The van der Waals surface area contributed by atoms with E-state index in [1.54, 1.807) is 6.92 Å². The van der Waals surface area contributed by atoms with E-state index in [4.69, 9.17) is 4.74 Å². The lowest BCUT2D eigenvalue weighted by molar-refractivity contribution is -0.139. The molecule has 2 heterocycles. The second-order valence-electron chi connectivity index (χ2n) is 6.65. The normalized spacial score (nSPS) is 20.9. The van der Waals surface area contributed by atoms with Gasteiger partial charge in [0.05, 0.1) is 18.2 Å². The number of nitrogens with zero attached hydrogens (tertiary/aromatic N) is 1. The van der Waals surface area contributed by atoms with Gasteiger partial charge in [0.25, 0.3) is 0 Å². The van der Waals surface area contributed by atoms with E-state index in [-0.39, 0.29) is 17.7 Å². The molecule has 0 radical (unpaired) electrons. The highest BCUT2D eigenvalue weighted by molar-refractivity contribution is 5.95. The standard InChI is InChI=1S/C19H23F2N3O3/c1-2-27-18(25)16-15(11-24-8-4-3-5-9-24)22-19(26)23-17(16)12-6-7-13(20)14(21)10-12/h6-7,10,17H,2-5,8-9,11H2,1H3,(H2,22,23,26)/t17-/m0/s1. The molecule has 3 rings (SSSR count). The second-order valence-corrected chi connectivity index (χ2v) is 6.65. The molecule has 0 aliphatic carbocycles. The summed E-state index contributed by atoms with van der Waals surface area (Å²) < 4.78 is 32.2. The predicted octanol–water partition coefficient (Wildman–Crippen LogP) is 2.62. The number of esters is 1. The number of urea groups is 1. The van der Waals surface area contributed by atoms with Crippen LogP contribution >= 0.6 is 0 Å². The number of carbonyl (C=O) groups excluding carboxylic acids is 2. The summed E-state index contributed by atoms with van der Waals surface area (Å²) in [7, 11) is 0. The summed E-state index contributed by atoms with van der Waals surface area (Å²) in [6, 6.07) is 1.92. The Morgan fingerprint density at radius 3 is 2.63 bits per heavy atom. The number of carbonyl (C=O) groups is 2. The summed E-state index contributed by atoms with van der Waals surface area (Å²) in [6.07, 6.45) is 3.27. The molecule has 2 N–H and O–H groups in total. The van der Waals surface area contributed by atoms with Crippen molar-refractivity contribution in [3.8, 4) is 0 Å². The van der Waals surface area contributed by atoms with Gasteiger partial charge in [0.15, 0.2) is 11.6 Å². The van der Waals surface area contributed by atoms with E-state index in [0.717, 1.165) is 44.5 Å². The van der Waals surface area contributed by atoms with Gasteiger partial charge in [-0.1, -0.05) is 12.5 Å². The van der Waals surface area contributed by atoms with E-state index in [2.05, 4.69) is 15.5 Å². The van der Waals surface area contributed by atoms with Crippen molar-refractivity contribution >= 4 is 12.0 Å². The van der Waals surface area contributed by atoms with Crippen molar-refractivity contribution in [1.29, 1.82) is 0 Å². The molecule has 0 bridgehead atoms. The van der Waals surface area contributed by atoms with E-state index < -0.39 is 29.7 Å². The number of nitrogens with one attached hydrogen (secondary N) is 2. The molecular weight excluding hydrogens is 356 g/mol. The molecular formula is C19H23F2N3O3. The second kappa shape index (κ2) is 8.47. The molecule has 146 valence electrons. The van der Waals surface area contributed by atoms with E-state index in [9.17, 15) is 18.4 Å². The third kappa shape index (κ3) is 4.44. The van der Waals surface area contributed by atoms with Crippen molar-refractivity contribution in [1.82, 2.24) is 15.5 Å². The van der Waals surface area contributed by atoms with E-state index in [1.807, 2.05) is 0 Å². The number of benzene rings is 1. The number of halogens is 2. The lowest BCUT2D eigenvalue weighted by Gasteiger charge is -2.33. The number of hydrogen-bond acceptors (Lipinski definition) is 4. The highest BCUT2D eigenvalue weighted by Crippen LogP contribution is 2.29. The van der Waals surface area contributed by atoms with Crippen LogP contribution < -0.4 is 10.6 Å². The van der Waals surface area contributed by atoms with Crippen LogP contribution in [-0.2, 0) is 9.53 Å². The Balaban J connectivity index is 2.00. The van der Waals surface area contributed by atoms with Crippen LogP contribution in [0.2, 0.25) is 0 Å². The number of hydrogen-bond donors (Lipinski definition) is 2. The molecule has 0 unspecified atom stereocenters. The topological polar surface area (TPSA) is 70.7 Å². The molecule has 1 fully saturated rings. The van der Waals surface area contributed by atoms with Crippen LogP contribution in [0.4, 0.5) is 13.6 Å². The number of amides is 2. The average molecular weight is 379 g/mol. The fourth-order valence-electron chi connectivity index (χ4n) is 3.48. The Hall–Kier alpha value is -2.48. The molecule has 8 heteroatoms. The van der Waals surface area contributed by atoms with Gasteiger partial charge in [-0.15, -0.1) is 0 Å². The maximum absolute atomic E-state index is 13.7. The Morgan fingerprint density at radius 2 is 1.96 bits per heavy atom. The molecule has 1 saturated heterocycles. The smallest absolute Gasteiger partial charge is 0.338 e. The molecule has 0 aromatic heterocycles.